The Balaban J connectivity index is 0.000000204. The lowest BCUT2D eigenvalue weighted by Crippen LogP contribution is -2.25. The van der Waals surface area contributed by atoms with Gasteiger partial charge in [-0.2, -0.15) is 0 Å². The molecule has 1 aliphatic carbocycles. The predicted octanol–water partition coefficient (Wildman–Crippen LogP) is 7.06. The summed E-state index contributed by atoms with van der Waals surface area (Å²) in [6, 6.07) is 15.5. The average Bonchev–Trinajstić information content (AvgIpc) is 3.52. The number of hydrogen-bond acceptors (Lipinski definition) is 2. The number of rotatable bonds is 5. The van der Waals surface area contributed by atoms with Gasteiger partial charge in [-0.3, -0.25) is 0 Å². The highest BCUT2D eigenvalue weighted by Crippen LogP contribution is 2.46. The summed E-state index contributed by atoms with van der Waals surface area (Å²) in [5.74, 6) is 0. The molecule has 0 atom stereocenters. The summed E-state index contributed by atoms with van der Waals surface area (Å²) in [7, 11) is 0. The number of unbranched alkanes of at least 4 members (excludes halogenated alkanes) is 1. The van der Waals surface area contributed by atoms with E-state index in [0.29, 0.717) is 6.04 Å². The van der Waals surface area contributed by atoms with Crippen LogP contribution in [-0.4, -0.2) is 6.04 Å². The molecule has 1 saturated carbocycles. The molecule has 0 unspecified atom stereocenters. The van der Waals surface area contributed by atoms with E-state index < -0.39 is 0 Å². The van der Waals surface area contributed by atoms with Gasteiger partial charge in [0.15, 0.2) is 0 Å². The highest BCUT2D eigenvalue weighted by molar-refractivity contribution is 5.96. The van der Waals surface area contributed by atoms with Crippen LogP contribution in [0.15, 0.2) is 73.0 Å². The molecule has 2 heteroatoms. The van der Waals surface area contributed by atoms with E-state index in [2.05, 4.69) is 74.5 Å². The molecule has 152 valence electrons. The zero-order chi connectivity index (χ0) is 21.0. The molecular formula is C27H34N2. The maximum atomic E-state index is 6.23. The van der Waals surface area contributed by atoms with Gasteiger partial charge in [0, 0.05) is 29.1 Å². The topological polar surface area (TPSA) is 29.3 Å². The van der Waals surface area contributed by atoms with Crippen molar-refractivity contribution in [2.45, 2.75) is 58.9 Å². The minimum atomic E-state index is 0.613. The van der Waals surface area contributed by atoms with Crippen LogP contribution >= 0.6 is 0 Å². The Morgan fingerprint density at radius 2 is 1.86 bits per heavy atom. The van der Waals surface area contributed by atoms with Gasteiger partial charge in [-0.15, -0.1) is 0 Å². The minimum Gasteiger partial charge on any atom is -0.398 e. The molecule has 2 aliphatic rings. The summed E-state index contributed by atoms with van der Waals surface area (Å²) in [6.07, 6.45) is 8.53. The average molecular weight is 387 g/mol. The fraction of sp³-hybridized carbons (Fsp3) is 0.333. The van der Waals surface area contributed by atoms with E-state index in [1.165, 1.54) is 48.9 Å². The molecule has 1 heterocycles. The lowest BCUT2D eigenvalue weighted by atomic mass is 9.89. The molecule has 4 rings (SSSR count). The predicted molar refractivity (Wildman–Crippen MR) is 128 cm³/mol. The Bertz CT molecular complexity index is 917. The maximum absolute atomic E-state index is 6.23. The zero-order valence-corrected chi connectivity index (χ0v) is 18.2. The highest BCUT2D eigenvalue weighted by atomic mass is 15.2. The van der Waals surface area contributed by atoms with Crippen LogP contribution in [0.2, 0.25) is 0 Å². The van der Waals surface area contributed by atoms with Crippen LogP contribution in [0.4, 0.5) is 11.4 Å². The van der Waals surface area contributed by atoms with Crippen LogP contribution in [0.5, 0.6) is 0 Å². The SMILES string of the molecule is C=C(C)C1=CN(C2CC2)c2cc(C)cc(N)c2C1=C.CCCCc1ccccc1. The van der Waals surface area contributed by atoms with Crippen LogP contribution in [0.25, 0.3) is 5.57 Å². The van der Waals surface area contributed by atoms with Gasteiger partial charge in [-0.05, 0) is 73.9 Å². The van der Waals surface area contributed by atoms with E-state index in [1.807, 2.05) is 13.0 Å². The van der Waals surface area contributed by atoms with Crippen LogP contribution < -0.4 is 10.6 Å². The third-order valence-corrected chi connectivity index (χ3v) is 5.53. The van der Waals surface area contributed by atoms with Gasteiger partial charge in [0.25, 0.3) is 0 Å². The Morgan fingerprint density at radius 3 is 2.45 bits per heavy atom. The van der Waals surface area contributed by atoms with Crippen molar-refractivity contribution in [2.24, 2.45) is 0 Å². The van der Waals surface area contributed by atoms with Gasteiger partial charge in [-0.25, -0.2) is 0 Å². The van der Waals surface area contributed by atoms with Crippen molar-refractivity contribution in [2.75, 3.05) is 10.6 Å². The lowest BCUT2D eigenvalue weighted by Gasteiger charge is -2.32. The van der Waals surface area contributed by atoms with Crippen molar-refractivity contribution < 1.29 is 0 Å². The van der Waals surface area contributed by atoms with E-state index in [1.54, 1.807) is 0 Å². The van der Waals surface area contributed by atoms with Gasteiger partial charge in [0.1, 0.15) is 0 Å². The van der Waals surface area contributed by atoms with Crippen molar-refractivity contribution >= 4 is 16.9 Å². The van der Waals surface area contributed by atoms with Crippen LogP contribution in [0.1, 0.15) is 56.2 Å². The standard InChI is InChI=1S/C17H20N2.C10H14/c1-10(2)14-9-19(13-5-6-13)16-8-11(3)7-15(18)17(16)12(14)4;1-2-3-7-10-8-5-4-6-9-10/h7-9,13H,1,4-6,18H2,2-3H3;4-6,8-9H,2-3,7H2,1H3. The first-order chi connectivity index (χ1) is 13.9. The van der Waals surface area contributed by atoms with Crippen LogP contribution in [0, 0.1) is 6.92 Å². The monoisotopic (exact) mass is 386 g/mol. The molecule has 2 N–H and O–H groups in total. The molecule has 2 aromatic carbocycles. The molecule has 1 aliphatic heterocycles. The largest absolute Gasteiger partial charge is 0.398 e. The summed E-state index contributed by atoms with van der Waals surface area (Å²) in [6.45, 7) is 14.6. The summed E-state index contributed by atoms with van der Waals surface area (Å²) in [5, 5.41) is 0. The molecule has 0 radical (unpaired) electrons. The Kier molecular flexibility index (Phi) is 6.64. The third kappa shape index (κ3) is 5.00. The van der Waals surface area contributed by atoms with Gasteiger partial charge >= 0.3 is 0 Å². The number of hydrogen-bond donors (Lipinski definition) is 1. The third-order valence-electron chi connectivity index (χ3n) is 5.53. The Labute approximate surface area is 176 Å². The molecule has 0 aromatic heterocycles. The number of anilines is 2. The first-order valence-electron chi connectivity index (χ1n) is 10.7. The van der Waals surface area contributed by atoms with E-state index in [-0.39, 0.29) is 0 Å². The summed E-state index contributed by atoms with van der Waals surface area (Å²) < 4.78 is 0. The number of allylic oxidation sites excluding steroid dienone is 3. The molecule has 2 aromatic rings. The van der Waals surface area contributed by atoms with E-state index in [4.69, 9.17) is 5.73 Å². The van der Waals surface area contributed by atoms with Crippen LogP contribution in [0.3, 0.4) is 0 Å². The molecule has 29 heavy (non-hydrogen) atoms. The lowest BCUT2D eigenvalue weighted by molar-refractivity contribution is 0.795. The van der Waals surface area contributed by atoms with Gasteiger partial charge in [-0.1, -0.05) is 56.8 Å². The Morgan fingerprint density at radius 1 is 1.17 bits per heavy atom. The fourth-order valence-electron chi connectivity index (χ4n) is 3.80. The zero-order valence-electron chi connectivity index (χ0n) is 18.2. The van der Waals surface area contributed by atoms with Gasteiger partial charge in [0.05, 0.1) is 5.69 Å². The minimum absolute atomic E-state index is 0.613. The molecule has 0 amide bonds. The second kappa shape index (κ2) is 9.17. The van der Waals surface area contributed by atoms with Crippen molar-refractivity contribution in [3.05, 3.63) is 89.7 Å². The molecule has 0 bridgehead atoms. The number of aryl methyl sites for hydroxylation is 2. The molecule has 0 spiro atoms. The highest BCUT2D eigenvalue weighted by Gasteiger charge is 2.33. The van der Waals surface area contributed by atoms with Crippen LogP contribution in [-0.2, 0) is 6.42 Å². The second-order valence-electron chi connectivity index (χ2n) is 8.28. The quantitative estimate of drug-likeness (QED) is 0.557. The van der Waals surface area contributed by atoms with E-state index >= 15 is 0 Å². The molecule has 2 nitrogen and oxygen atoms in total. The number of nitrogens with two attached hydrogens (primary N) is 1. The number of benzene rings is 2. The first-order valence-corrected chi connectivity index (χ1v) is 10.7. The Hall–Kier alpha value is -2.74. The van der Waals surface area contributed by atoms with Crippen molar-refractivity contribution in [1.29, 1.82) is 0 Å². The van der Waals surface area contributed by atoms with Crippen molar-refractivity contribution in [1.82, 2.24) is 0 Å². The number of nitrogen functional groups attached to an aromatic ring is 1. The second-order valence-corrected chi connectivity index (χ2v) is 8.28. The summed E-state index contributed by atoms with van der Waals surface area (Å²) in [5.41, 5.74) is 15.2. The smallest absolute Gasteiger partial charge is 0.0512 e. The molecule has 0 saturated heterocycles. The summed E-state index contributed by atoms with van der Waals surface area (Å²) >= 11 is 0. The number of fused-ring (bicyclic) bond motifs is 1. The van der Waals surface area contributed by atoms with E-state index in [0.717, 1.165) is 28.0 Å². The maximum Gasteiger partial charge on any atom is 0.0512 e. The van der Waals surface area contributed by atoms with Crippen molar-refractivity contribution in [3.63, 3.8) is 0 Å². The normalized spacial score (nSPS) is 15.2. The van der Waals surface area contributed by atoms with Gasteiger partial charge < -0.3 is 10.6 Å². The molecule has 1 fully saturated rings. The van der Waals surface area contributed by atoms with Crippen molar-refractivity contribution in [3.8, 4) is 0 Å². The van der Waals surface area contributed by atoms with E-state index in [9.17, 15) is 0 Å². The summed E-state index contributed by atoms with van der Waals surface area (Å²) in [4.78, 5) is 2.36. The first kappa shape index (κ1) is 21.0. The van der Waals surface area contributed by atoms with Gasteiger partial charge in [0.2, 0.25) is 0 Å². The number of nitrogens with zero attached hydrogens (tertiary/aromatic N) is 1. The molecular weight excluding hydrogens is 352 g/mol. The fourth-order valence-corrected chi connectivity index (χ4v) is 3.80.